The van der Waals surface area contributed by atoms with Crippen LogP contribution in [0.1, 0.15) is 13.3 Å². The molecule has 5 heteroatoms. The molecule has 0 aliphatic carbocycles. The Kier molecular flexibility index (Phi) is 6.73. The smallest absolute Gasteiger partial charge is 0.261 e. The summed E-state index contributed by atoms with van der Waals surface area (Å²) in [5.41, 5.74) is 0. The third-order valence-corrected chi connectivity index (χ3v) is 4.41. The Balaban J connectivity index is 1.49. The first-order valence-corrected chi connectivity index (χ1v) is 9.40. The molecule has 5 nitrogen and oxygen atoms in total. The van der Waals surface area contributed by atoms with Gasteiger partial charge in [-0.2, -0.15) is 0 Å². The molecule has 0 aliphatic rings. The van der Waals surface area contributed by atoms with Crippen molar-refractivity contribution in [3.05, 3.63) is 66.7 Å². The Morgan fingerprint density at radius 2 is 1.68 bits per heavy atom. The monoisotopic (exact) mass is 379 g/mol. The van der Waals surface area contributed by atoms with Gasteiger partial charge in [0.05, 0.1) is 13.7 Å². The Hall–Kier alpha value is -3.21. The van der Waals surface area contributed by atoms with Gasteiger partial charge in [-0.05, 0) is 42.1 Å². The van der Waals surface area contributed by atoms with Gasteiger partial charge in [0.2, 0.25) is 0 Å². The maximum absolute atomic E-state index is 12.4. The number of rotatable bonds is 9. The van der Waals surface area contributed by atoms with E-state index in [1.165, 1.54) is 0 Å². The van der Waals surface area contributed by atoms with Crippen LogP contribution in [0, 0.1) is 0 Å². The molecule has 0 aromatic heterocycles. The highest BCUT2D eigenvalue weighted by atomic mass is 16.5. The molecule has 0 saturated carbocycles. The molecular formula is C23H25NO4. The Morgan fingerprint density at radius 1 is 0.964 bits per heavy atom. The number of amides is 1. The molecule has 1 atom stereocenters. The van der Waals surface area contributed by atoms with Crippen LogP contribution in [0.3, 0.4) is 0 Å². The van der Waals surface area contributed by atoms with Gasteiger partial charge in [-0.15, -0.1) is 0 Å². The predicted molar refractivity (Wildman–Crippen MR) is 110 cm³/mol. The Labute approximate surface area is 165 Å². The topological polar surface area (TPSA) is 56.8 Å². The molecule has 0 spiro atoms. The summed E-state index contributed by atoms with van der Waals surface area (Å²) in [5, 5.41) is 5.07. The van der Waals surface area contributed by atoms with Gasteiger partial charge in [0.25, 0.3) is 5.91 Å². The summed E-state index contributed by atoms with van der Waals surface area (Å²) in [6.07, 6.45) is 0.0214. The number of hydrogen-bond acceptors (Lipinski definition) is 4. The molecule has 0 unspecified atom stereocenters. The van der Waals surface area contributed by atoms with Crippen molar-refractivity contribution in [3.8, 4) is 17.2 Å². The molecule has 1 amide bonds. The number of ether oxygens (including phenoxy) is 3. The van der Waals surface area contributed by atoms with Crippen molar-refractivity contribution in [3.63, 3.8) is 0 Å². The summed E-state index contributed by atoms with van der Waals surface area (Å²) in [5.74, 6) is 2.04. The van der Waals surface area contributed by atoms with Gasteiger partial charge in [-0.25, -0.2) is 0 Å². The summed E-state index contributed by atoms with van der Waals surface area (Å²) < 4.78 is 16.8. The minimum absolute atomic E-state index is 0.153. The first kappa shape index (κ1) is 19.5. The largest absolute Gasteiger partial charge is 0.497 e. The molecular weight excluding hydrogens is 354 g/mol. The van der Waals surface area contributed by atoms with Crippen LogP contribution >= 0.6 is 0 Å². The fourth-order valence-corrected chi connectivity index (χ4v) is 2.91. The van der Waals surface area contributed by atoms with Crippen molar-refractivity contribution in [2.24, 2.45) is 0 Å². The van der Waals surface area contributed by atoms with Crippen LogP contribution in [-0.4, -0.2) is 32.3 Å². The first-order chi connectivity index (χ1) is 13.7. The lowest BCUT2D eigenvalue weighted by molar-refractivity contribution is -0.128. The number of nitrogens with one attached hydrogen (secondary N) is 1. The standard InChI is InChI=1S/C23H25NO4/c1-3-21(28-19-13-11-18(26-2)12-14-19)23(25)24-15-16-27-22-10-6-8-17-7-4-5-9-20(17)22/h4-14,21H,3,15-16H2,1-2H3,(H,24,25)/t21-/m1/s1. The third kappa shape index (κ3) is 4.94. The van der Waals surface area contributed by atoms with Gasteiger partial charge in [-0.1, -0.05) is 43.3 Å². The van der Waals surface area contributed by atoms with Gasteiger partial charge in [0.1, 0.15) is 23.9 Å². The van der Waals surface area contributed by atoms with Crippen LogP contribution in [0.4, 0.5) is 0 Å². The van der Waals surface area contributed by atoms with Crippen LogP contribution in [0.15, 0.2) is 66.7 Å². The first-order valence-electron chi connectivity index (χ1n) is 9.40. The molecule has 3 aromatic rings. The highest BCUT2D eigenvalue weighted by Crippen LogP contribution is 2.25. The van der Waals surface area contributed by atoms with Crippen LogP contribution < -0.4 is 19.5 Å². The van der Waals surface area contributed by atoms with Gasteiger partial charge in [0.15, 0.2) is 6.10 Å². The third-order valence-electron chi connectivity index (χ3n) is 4.41. The van der Waals surface area contributed by atoms with Crippen LogP contribution in [0.5, 0.6) is 17.2 Å². The highest BCUT2D eigenvalue weighted by Gasteiger charge is 2.18. The van der Waals surface area contributed by atoms with Gasteiger partial charge in [-0.3, -0.25) is 4.79 Å². The van der Waals surface area contributed by atoms with Crippen LogP contribution in [0.2, 0.25) is 0 Å². The van der Waals surface area contributed by atoms with Crippen LogP contribution in [-0.2, 0) is 4.79 Å². The normalized spacial score (nSPS) is 11.6. The van der Waals surface area contributed by atoms with E-state index in [1.807, 2.05) is 49.4 Å². The van der Waals surface area contributed by atoms with Crippen molar-refractivity contribution in [2.45, 2.75) is 19.4 Å². The maximum Gasteiger partial charge on any atom is 0.261 e. The molecule has 28 heavy (non-hydrogen) atoms. The van der Waals surface area contributed by atoms with E-state index in [1.54, 1.807) is 31.4 Å². The lowest BCUT2D eigenvalue weighted by atomic mass is 10.1. The Bertz CT molecular complexity index is 903. The van der Waals surface area contributed by atoms with E-state index in [-0.39, 0.29) is 5.91 Å². The maximum atomic E-state index is 12.4. The van der Waals surface area contributed by atoms with Crippen molar-refractivity contribution in [1.82, 2.24) is 5.32 Å². The average molecular weight is 379 g/mol. The summed E-state index contributed by atoms with van der Waals surface area (Å²) in [7, 11) is 1.61. The number of methoxy groups -OCH3 is 1. The second kappa shape index (κ2) is 9.65. The molecule has 1 N–H and O–H groups in total. The minimum Gasteiger partial charge on any atom is -0.497 e. The molecule has 0 aliphatic heterocycles. The number of benzene rings is 3. The summed E-state index contributed by atoms with van der Waals surface area (Å²) in [6, 6.07) is 21.2. The van der Waals surface area contributed by atoms with Crippen molar-refractivity contribution in [1.29, 1.82) is 0 Å². The second-order valence-electron chi connectivity index (χ2n) is 6.31. The van der Waals surface area contributed by atoms with E-state index >= 15 is 0 Å². The van der Waals surface area contributed by atoms with E-state index in [0.29, 0.717) is 25.3 Å². The number of carbonyl (C=O) groups is 1. The molecule has 0 saturated heterocycles. The minimum atomic E-state index is -0.550. The van der Waals surface area contributed by atoms with E-state index in [9.17, 15) is 4.79 Å². The van der Waals surface area contributed by atoms with E-state index < -0.39 is 6.10 Å². The lowest BCUT2D eigenvalue weighted by Crippen LogP contribution is -2.39. The van der Waals surface area contributed by atoms with Crippen molar-refractivity contribution >= 4 is 16.7 Å². The van der Waals surface area contributed by atoms with E-state index in [0.717, 1.165) is 22.3 Å². The van der Waals surface area contributed by atoms with E-state index in [2.05, 4.69) is 5.32 Å². The van der Waals surface area contributed by atoms with Crippen molar-refractivity contribution < 1.29 is 19.0 Å². The highest BCUT2D eigenvalue weighted by molar-refractivity contribution is 5.88. The lowest BCUT2D eigenvalue weighted by Gasteiger charge is -2.17. The predicted octanol–water partition coefficient (Wildman–Crippen LogP) is 4.20. The number of hydrogen-bond donors (Lipinski definition) is 1. The summed E-state index contributed by atoms with van der Waals surface area (Å²) in [4.78, 5) is 12.4. The molecule has 3 aromatic carbocycles. The quantitative estimate of drug-likeness (QED) is 0.566. The second-order valence-corrected chi connectivity index (χ2v) is 6.31. The summed E-state index contributed by atoms with van der Waals surface area (Å²) >= 11 is 0. The number of carbonyl (C=O) groups excluding carboxylic acids is 1. The zero-order valence-corrected chi connectivity index (χ0v) is 16.2. The average Bonchev–Trinajstić information content (AvgIpc) is 2.75. The van der Waals surface area contributed by atoms with Crippen molar-refractivity contribution in [2.75, 3.05) is 20.3 Å². The van der Waals surface area contributed by atoms with Gasteiger partial charge >= 0.3 is 0 Å². The Morgan fingerprint density at radius 3 is 2.43 bits per heavy atom. The van der Waals surface area contributed by atoms with E-state index in [4.69, 9.17) is 14.2 Å². The zero-order valence-electron chi connectivity index (χ0n) is 16.2. The number of fused-ring (bicyclic) bond motifs is 1. The fraction of sp³-hybridized carbons (Fsp3) is 0.261. The van der Waals surface area contributed by atoms with Gasteiger partial charge in [0, 0.05) is 5.39 Å². The molecule has 0 fully saturated rings. The molecule has 0 heterocycles. The fourth-order valence-electron chi connectivity index (χ4n) is 2.91. The molecule has 0 radical (unpaired) electrons. The molecule has 146 valence electrons. The van der Waals surface area contributed by atoms with Gasteiger partial charge < -0.3 is 19.5 Å². The summed E-state index contributed by atoms with van der Waals surface area (Å²) in [6.45, 7) is 2.71. The SMILES string of the molecule is CC[C@@H](Oc1ccc(OC)cc1)C(=O)NCCOc1cccc2ccccc12. The molecule has 3 rings (SSSR count). The van der Waals surface area contributed by atoms with Crippen LogP contribution in [0.25, 0.3) is 10.8 Å². The zero-order chi connectivity index (χ0) is 19.8. The molecule has 0 bridgehead atoms.